The van der Waals surface area contributed by atoms with E-state index in [2.05, 4.69) is 118 Å². The number of halogens is 1. The fourth-order valence-electron chi connectivity index (χ4n) is 9.60. The lowest BCUT2D eigenvalue weighted by atomic mass is 9.97. The molecule has 1 unspecified atom stereocenters. The van der Waals surface area contributed by atoms with Crippen LogP contribution in [0.25, 0.3) is 49.3 Å². The van der Waals surface area contributed by atoms with E-state index in [4.69, 9.17) is 14.4 Å². The Morgan fingerprint density at radius 1 is 0.534 bits per heavy atom. The molecular weight excluding hydrogens is 732 g/mol. The van der Waals surface area contributed by atoms with E-state index in [1.165, 1.54) is 15.6 Å². The molecule has 0 aliphatic carbocycles. The van der Waals surface area contributed by atoms with Gasteiger partial charge in [-0.25, -0.2) is 14.4 Å². The number of rotatable bonds is 5. The Hall–Kier alpha value is -7.35. The number of nitrogens with zero attached hydrogens (tertiary/aromatic N) is 4. The van der Waals surface area contributed by atoms with Crippen molar-refractivity contribution < 1.29 is 8.81 Å². The van der Waals surface area contributed by atoms with Crippen LogP contribution < -0.4 is 25.6 Å². The van der Waals surface area contributed by atoms with E-state index < -0.39 is 14.2 Å². The van der Waals surface area contributed by atoms with Gasteiger partial charge in [-0.2, -0.15) is 0 Å². The predicted octanol–water partition coefficient (Wildman–Crippen LogP) is 10.2. The van der Waals surface area contributed by atoms with Gasteiger partial charge in [0.2, 0.25) is 0 Å². The summed E-state index contributed by atoms with van der Waals surface area (Å²) in [5.41, 5.74) is 6.34. The molecule has 5 heterocycles. The van der Waals surface area contributed by atoms with E-state index in [-0.39, 0.29) is 0 Å². The zero-order valence-corrected chi connectivity index (χ0v) is 32.1. The van der Waals surface area contributed by atoms with Crippen LogP contribution in [-0.2, 0) is 0 Å². The highest BCUT2D eigenvalue weighted by Gasteiger charge is 2.50. The summed E-state index contributed by atoms with van der Waals surface area (Å²) in [6.45, 7) is 0. The van der Waals surface area contributed by atoms with Crippen molar-refractivity contribution in [3.8, 4) is 0 Å². The van der Waals surface area contributed by atoms with Crippen LogP contribution in [0.1, 0.15) is 17.3 Å². The zero-order valence-electron chi connectivity index (χ0n) is 31.1. The molecule has 0 saturated carbocycles. The minimum Gasteiger partial charge on any atom is -0.454 e. The lowest BCUT2D eigenvalue weighted by Gasteiger charge is -2.44. The van der Waals surface area contributed by atoms with Gasteiger partial charge in [-0.1, -0.05) is 140 Å². The van der Waals surface area contributed by atoms with Gasteiger partial charge in [0.15, 0.2) is 19.8 Å². The number of hydrogen-bond donors (Lipinski definition) is 0. The molecule has 5 nitrogen and oxygen atoms in total. The van der Waals surface area contributed by atoms with Crippen LogP contribution in [0.3, 0.4) is 0 Å². The highest BCUT2D eigenvalue weighted by atomic mass is 28.3. The summed E-state index contributed by atoms with van der Waals surface area (Å²) < 4.78 is 26.2. The molecule has 1 atom stereocenters. The zero-order chi connectivity index (χ0) is 38.4. The van der Waals surface area contributed by atoms with Crippen molar-refractivity contribution in [3.63, 3.8) is 0 Å². The van der Waals surface area contributed by atoms with Gasteiger partial charge in [0.05, 0.1) is 11.2 Å². The van der Waals surface area contributed by atoms with Crippen molar-refractivity contribution in [1.29, 1.82) is 0 Å². The first-order valence-corrected chi connectivity index (χ1v) is 21.5. The summed E-state index contributed by atoms with van der Waals surface area (Å²) in [5.74, 6) is 0.814. The Bertz CT molecular complexity index is 3360. The number of anilines is 3. The molecule has 274 valence electrons. The third-order valence-electron chi connectivity index (χ3n) is 12.1. The van der Waals surface area contributed by atoms with Crippen LogP contribution in [0.5, 0.6) is 0 Å². The second-order valence-corrected chi connectivity index (χ2v) is 18.8. The molecule has 4 aromatic heterocycles. The van der Waals surface area contributed by atoms with E-state index in [1.807, 2.05) is 79.1 Å². The number of pyridine rings is 2. The maximum atomic E-state index is 17.3. The van der Waals surface area contributed by atoms with Crippen LogP contribution in [0, 0.1) is 0 Å². The highest BCUT2D eigenvalue weighted by Crippen LogP contribution is 2.45. The first kappa shape index (κ1) is 32.8. The second-order valence-electron chi connectivity index (χ2n) is 15.0. The lowest BCUT2D eigenvalue weighted by Crippen LogP contribution is -2.77. The van der Waals surface area contributed by atoms with Crippen molar-refractivity contribution in [2.24, 2.45) is 0 Å². The number of benzene rings is 7. The Balaban J connectivity index is 1.10. The average Bonchev–Trinajstić information content (AvgIpc) is 3.95. The molecule has 0 spiro atoms. The summed E-state index contributed by atoms with van der Waals surface area (Å²) in [5, 5.41) is 9.98. The van der Waals surface area contributed by atoms with Gasteiger partial charge in [-0.05, 0) is 73.7 Å². The number of imidazole rings is 1. The van der Waals surface area contributed by atoms with Crippen LogP contribution in [0.2, 0.25) is 0 Å². The maximum Gasteiger partial charge on any atom is 0.186 e. The quantitative estimate of drug-likeness (QED) is 0.129. The Kier molecular flexibility index (Phi) is 7.12. The van der Waals surface area contributed by atoms with Gasteiger partial charge >= 0.3 is 0 Å². The van der Waals surface area contributed by atoms with Crippen LogP contribution in [-0.4, -0.2) is 22.4 Å². The normalized spacial score (nSPS) is 14.0. The highest BCUT2D eigenvalue weighted by molar-refractivity contribution is 7.21. The van der Waals surface area contributed by atoms with Gasteiger partial charge in [-0.3, -0.25) is 9.30 Å². The Morgan fingerprint density at radius 3 is 2.09 bits per heavy atom. The van der Waals surface area contributed by atoms with Gasteiger partial charge in [0.25, 0.3) is 0 Å². The van der Waals surface area contributed by atoms with E-state index in [0.717, 1.165) is 71.6 Å². The van der Waals surface area contributed by atoms with Crippen LogP contribution in [0.15, 0.2) is 199 Å². The third kappa shape index (κ3) is 4.56. The lowest BCUT2D eigenvalue weighted by molar-refractivity contribution is 0.402. The molecule has 7 aromatic carbocycles. The van der Waals surface area contributed by atoms with Crippen molar-refractivity contribution in [3.05, 3.63) is 206 Å². The molecule has 1 aliphatic rings. The maximum absolute atomic E-state index is 17.3. The summed E-state index contributed by atoms with van der Waals surface area (Å²) in [6.07, 6.45) is 4.23. The van der Waals surface area contributed by atoms with Crippen molar-refractivity contribution in [1.82, 2.24) is 14.4 Å². The van der Waals surface area contributed by atoms with Gasteiger partial charge < -0.3 is 4.42 Å². The van der Waals surface area contributed by atoms with Gasteiger partial charge in [0.1, 0.15) is 17.0 Å². The summed E-state index contributed by atoms with van der Waals surface area (Å²) in [6, 6.07) is 60.8. The first-order chi connectivity index (χ1) is 28.7. The van der Waals surface area contributed by atoms with E-state index in [0.29, 0.717) is 11.1 Å². The van der Waals surface area contributed by atoms with Gasteiger partial charge in [0, 0.05) is 45.8 Å². The van der Waals surface area contributed by atoms with Crippen molar-refractivity contribution in [2.45, 2.75) is 6.17 Å². The molecule has 0 bridgehead atoms. The monoisotopic (exact) mass is 764 g/mol. The van der Waals surface area contributed by atoms with Crippen LogP contribution in [0.4, 0.5) is 21.6 Å². The average molecular weight is 765 g/mol. The number of furan rings is 1. The molecule has 0 fully saturated rings. The third-order valence-corrected chi connectivity index (χ3v) is 16.9. The summed E-state index contributed by atoms with van der Waals surface area (Å²) in [4.78, 5) is 12.1. The minimum absolute atomic E-state index is 0.549. The number of para-hydroxylation sites is 2. The SMILES string of the molecule is FC(c1cccc(N2c3ncccc3[Si](c3ccccc3)(c3ccccc3)c3ccc4c(oc5ccccc54)c32)c1)c1ccc2c3ccccc3n3ccnc3c2c1. The Morgan fingerprint density at radius 2 is 1.26 bits per heavy atom. The van der Waals surface area contributed by atoms with Gasteiger partial charge in [-0.15, -0.1) is 0 Å². The fraction of sp³-hybridized carbons (Fsp3) is 0.0196. The molecule has 0 saturated heterocycles. The molecule has 58 heavy (non-hydrogen) atoms. The number of alkyl halides is 1. The topological polar surface area (TPSA) is 46.6 Å². The standard InChI is InChI=1S/C51H33FN4OSi/c52-47(34-24-25-38-39-19-7-9-21-43(39)55-30-29-54-50(55)42(38)32-34)33-13-11-14-35(31-33)56-48-45(27-26-41-40-20-8-10-22-44(40)57-49(41)48)58(36-15-3-1-4-16-36,37-17-5-2-6-18-37)46-23-12-28-53-51(46)56/h1-32,47H. The molecule has 0 N–H and O–H groups in total. The summed E-state index contributed by atoms with van der Waals surface area (Å²) in [7, 11) is -3.01. The van der Waals surface area contributed by atoms with E-state index in [1.54, 1.807) is 6.20 Å². The first-order valence-electron chi connectivity index (χ1n) is 19.5. The molecule has 11 aromatic rings. The van der Waals surface area contributed by atoms with E-state index >= 15 is 4.39 Å². The predicted molar refractivity (Wildman–Crippen MR) is 237 cm³/mol. The molecular formula is C51H33FN4OSi. The fourth-order valence-corrected chi connectivity index (χ4v) is 14.6. The van der Waals surface area contributed by atoms with Crippen LogP contribution >= 0.6 is 0 Å². The smallest absolute Gasteiger partial charge is 0.186 e. The van der Waals surface area contributed by atoms with Crippen molar-refractivity contribution in [2.75, 3.05) is 4.90 Å². The molecule has 1 aliphatic heterocycles. The Labute approximate surface area is 333 Å². The summed E-state index contributed by atoms with van der Waals surface area (Å²) >= 11 is 0. The molecule has 7 heteroatoms. The minimum atomic E-state index is -3.01. The van der Waals surface area contributed by atoms with E-state index in [9.17, 15) is 0 Å². The number of aromatic nitrogens is 3. The number of fused-ring (bicyclic) bond motifs is 12. The molecule has 0 amide bonds. The largest absolute Gasteiger partial charge is 0.454 e. The number of hydrogen-bond acceptors (Lipinski definition) is 4. The molecule has 0 radical (unpaired) electrons. The molecule has 12 rings (SSSR count). The second kappa shape index (κ2) is 12.6. The van der Waals surface area contributed by atoms with Crippen molar-refractivity contribution >= 4 is 95.3 Å².